The fourth-order valence-corrected chi connectivity index (χ4v) is 4.63. The third-order valence-electron chi connectivity index (χ3n) is 6.48. The fraction of sp³-hybridized carbons (Fsp3) is 0.462. The van der Waals surface area contributed by atoms with Gasteiger partial charge in [0.25, 0.3) is 0 Å². The summed E-state index contributed by atoms with van der Waals surface area (Å²) >= 11 is 0. The minimum Gasteiger partial charge on any atom is -0.508 e. The summed E-state index contributed by atoms with van der Waals surface area (Å²) < 4.78 is 17.5. The number of aromatic hydroxyl groups is 1. The van der Waals surface area contributed by atoms with Crippen LogP contribution in [-0.2, 0) is 14.2 Å². The van der Waals surface area contributed by atoms with Crippen molar-refractivity contribution in [1.29, 1.82) is 0 Å². The first-order valence-corrected chi connectivity index (χ1v) is 12.1. The van der Waals surface area contributed by atoms with Crippen molar-refractivity contribution in [3.63, 3.8) is 0 Å². The summed E-state index contributed by atoms with van der Waals surface area (Å²) in [4.78, 5) is 11.7. The van der Waals surface area contributed by atoms with Gasteiger partial charge in [-0.3, -0.25) is 0 Å². The third kappa shape index (κ3) is 5.34. The Morgan fingerprint density at radius 2 is 1.94 bits per heavy atom. The molecule has 1 saturated carbocycles. The number of allylic oxidation sites excluding steroid dienone is 1. The molecule has 2 aromatic rings. The van der Waals surface area contributed by atoms with E-state index in [4.69, 9.17) is 24.2 Å². The Hall–Kier alpha value is -3.10. The van der Waals surface area contributed by atoms with Crippen molar-refractivity contribution < 1.29 is 19.3 Å². The average Bonchev–Trinajstić information content (AvgIpc) is 3.38. The van der Waals surface area contributed by atoms with Crippen molar-refractivity contribution in [1.82, 2.24) is 9.97 Å². The molecular weight excluding hydrogens is 432 g/mol. The summed E-state index contributed by atoms with van der Waals surface area (Å²) in [7, 11) is 1.73. The highest BCUT2D eigenvalue weighted by Gasteiger charge is 2.25. The Balaban J connectivity index is 1.43. The molecule has 1 aromatic carbocycles. The van der Waals surface area contributed by atoms with E-state index in [9.17, 15) is 5.11 Å². The second kappa shape index (κ2) is 10.4. The van der Waals surface area contributed by atoms with Crippen LogP contribution < -0.4 is 10.2 Å². The van der Waals surface area contributed by atoms with Gasteiger partial charge in [-0.05, 0) is 37.8 Å². The molecular formula is C26H32N4O4. The van der Waals surface area contributed by atoms with Crippen LogP contribution in [0.3, 0.4) is 0 Å². The summed E-state index contributed by atoms with van der Waals surface area (Å²) in [6.07, 6.45) is 9.72. The summed E-state index contributed by atoms with van der Waals surface area (Å²) in [5.41, 5.74) is 2.50. The van der Waals surface area contributed by atoms with Crippen molar-refractivity contribution in [3.05, 3.63) is 53.9 Å². The number of aromatic nitrogens is 2. The monoisotopic (exact) mass is 464 g/mol. The number of nitrogens with zero attached hydrogens (tertiary/aromatic N) is 3. The number of morpholine rings is 1. The molecule has 2 N–H and O–H groups in total. The number of benzene rings is 1. The molecule has 8 heteroatoms. The molecule has 1 unspecified atom stereocenters. The molecule has 34 heavy (non-hydrogen) atoms. The van der Waals surface area contributed by atoms with Crippen molar-refractivity contribution in [2.24, 2.45) is 0 Å². The van der Waals surface area contributed by atoms with Gasteiger partial charge in [-0.25, -0.2) is 4.98 Å². The standard InChI is InChI=1S/C26H32N4O4/c1-32-23-10-9-19(16-24(23)34-21-7-2-3-8-21)27-25-17-22(18-5-4-6-20(31)15-18)28-26(29-25)30-11-13-33-14-12-30/h4-6,9,15-17,21,23,31H,2-3,7-8,10-14H2,1H3,(H,27,28,29). The number of hydrogen-bond acceptors (Lipinski definition) is 8. The molecule has 1 atom stereocenters. The van der Waals surface area contributed by atoms with Gasteiger partial charge in [-0.15, -0.1) is 0 Å². The zero-order valence-corrected chi connectivity index (χ0v) is 19.6. The molecule has 2 aliphatic carbocycles. The minimum absolute atomic E-state index is 0.0664. The number of phenolic OH excluding ortho intramolecular Hbond substituents is 1. The van der Waals surface area contributed by atoms with Crippen LogP contribution in [0, 0.1) is 0 Å². The second-order valence-electron chi connectivity index (χ2n) is 8.90. The van der Waals surface area contributed by atoms with Crippen LogP contribution in [-0.4, -0.2) is 60.7 Å². The Bertz CT molecular complexity index is 1060. The average molecular weight is 465 g/mol. The van der Waals surface area contributed by atoms with E-state index < -0.39 is 0 Å². The predicted molar refractivity (Wildman–Crippen MR) is 131 cm³/mol. The molecule has 0 radical (unpaired) electrons. The van der Waals surface area contributed by atoms with E-state index in [0.717, 1.165) is 55.1 Å². The molecule has 5 rings (SSSR count). The maximum atomic E-state index is 9.99. The normalized spacial score (nSPS) is 21.2. The van der Waals surface area contributed by atoms with Crippen LogP contribution in [0.2, 0.25) is 0 Å². The second-order valence-corrected chi connectivity index (χ2v) is 8.90. The van der Waals surface area contributed by atoms with Gasteiger partial charge < -0.3 is 29.5 Å². The molecule has 0 amide bonds. The summed E-state index contributed by atoms with van der Waals surface area (Å²) in [5.74, 6) is 2.41. The molecule has 1 aromatic heterocycles. The summed E-state index contributed by atoms with van der Waals surface area (Å²) in [6, 6.07) is 9.03. The van der Waals surface area contributed by atoms with Crippen LogP contribution in [0.15, 0.2) is 53.9 Å². The minimum atomic E-state index is -0.0664. The number of ether oxygens (including phenoxy) is 3. The molecule has 0 spiro atoms. The first-order chi connectivity index (χ1) is 16.7. The lowest BCUT2D eigenvalue weighted by Gasteiger charge is -2.28. The predicted octanol–water partition coefficient (Wildman–Crippen LogP) is 4.24. The lowest BCUT2D eigenvalue weighted by atomic mass is 10.1. The highest BCUT2D eigenvalue weighted by Crippen LogP contribution is 2.30. The topological polar surface area (TPSA) is 89.0 Å². The lowest BCUT2D eigenvalue weighted by molar-refractivity contribution is 0.0319. The first-order valence-electron chi connectivity index (χ1n) is 12.1. The largest absolute Gasteiger partial charge is 0.508 e. The SMILES string of the molecule is COC1CC=C(Nc2cc(-c3cccc(O)c3)nc(N3CCOCC3)n2)C=C1OC1CCCC1. The number of phenols is 1. The number of hydrogen-bond donors (Lipinski definition) is 2. The fourth-order valence-electron chi connectivity index (χ4n) is 4.63. The number of methoxy groups -OCH3 is 1. The Kier molecular flexibility index (Phi) is 6.97. The van der Waals surface area contributed by atoms with Crippen LogP contribution in [0.25, 0.3) is 11.3 Å². The van der Waals surface area contributed by atoms with Gasteiger partial charge in [0.1, 0.15) is 23.4 Å². The van der Waals surface area contributed by atoms with Gasteiger partial charge in [0, 0.05) is 50.0 Å². The quantitative estimate of drug-likeness (QED) is 0.629. The molecule has 180 valence electrons. The number of nitrogens with one attached hydrogen (secondary N) is 1. The Morgan fingerprint density at radius 1 is 1.12 bits per heavy atom. The van der Waals surface area contributed by atoms with Crippen molar-refractivity contribution in [2.75, 3.05) is 43.6 Å². The highest BCUT2D eigenvalue weighted by atomic mass is 16.5. The van der Waals surface area contributed by atoms with E-state index in [1.807, 2.05) is 24.3 Å². The van der Waals surface area contributed by atoms with Crippen molar-refractivity contribution in [3.8, 4) is 17.0 Å². The smallest absolute Gasteiger partial charge is 0.228 e. The summed E-state index contributed by atoms with van der Waals surface area (Å²) in [5, 5.41) is 13.5. The molecule has 1 saturated heterocycles. The maximum absolute atomic E-state index is 9.99. The van der Waals surface area contributed by atoms with E-state index >= 15 is 0 Å². The molecule has 3 aliphatic rings. The Morgan fingerprint density at radius 3 is 2.71 bits per heavy atom. The number of anilines is 2. The molecule has 2 heterocycles. The zero-order valence-electron chi connectivity index (χ0n) is 19.6. The van der Waals surface area contributed by atoms with E-state index in [1.165, 1.54) is 12.8 Å². The molecule has 8 nitrogen and oxygen atoms in total. The Labute approximate surface area is 200 Å². The van der Waals surface area contributed by atoms with Crippen molar-refractivity contribution >= 4 is 11.8 Å². The first kappa shape index (κ1) is 22.7. The molecule has 0 bridgehead atoms. The van der Waals surface area contributed by atoms with E-state index in [0.29, 0.717) is 25.0 Å². The molecule has 2 fully saturated rings. The van der Waals surface area contributed by atoms with Gasteiger partial charge in [0.05, 0.1) is 25.0 Å². The van der Waals surface area contributed by atoms with Crippen LogP contribution >= 0.6 is 0 Å². The zero-order chi connectivity index (χ0) is 23.3. The van der Waals surface area contributed by atoms with Gasteiger partial charge in [0.15, 0.2) is 0 Å². The highest BCUT2D eigenvalue weighted by molar-refractivity contribution is 5.67. The van der Waals surface area contributed by atoms with E-state index in [2.05, 4.69) is 16.3 Å². The lowest BCUT2D eigenvalue weighted by Crippen LogP contribution is -2.37. The third-order valence-corrected chi connectivity index (χ3v) is 6.48. The van der Waals surface area contributed by atoms with Crippen molar-refractivity contribution in [2.45, 2.75) is 44.3 Å². The van der Waals surface area contributed by atoms with Gasteiger partial charge in [0.2, 0.25) is 5.95 Å². The summed E-state index contributed by atoms with van der Waals surface area (Å²) in [6.45, 7) is 2.77. The van der Waals surface area contributed by atoms with Crippen LogP contribution in [0.5, 0.6) is 5.75 Å². The van der Waals surface area contributed by atoms with E-state index in [1.54, 1.807) is 19.2 Å². The van der Waals surface area contributed by atoms with Gasteiger partial charge >= 0.3 is 0 Å². The number of rotatable bonds is 7. The van der Waals surface area contributed by atoms with E-state index in [-0.39, 0.29) is 18.0 Å². The van der Waals surface area contributed by atoms with Crippen LogP contribution in [0.4, 0.5) is 11.8 Å². The van der Waals surface area contributed by atoms with Gasteiger partial charge in [-0.1, -0.05) is 18.2 Å². The van der Waals surface area contributed by atoms with Gasteiger partial charge in [-0.2, -0.15) is 4.98 Å². The van der Waals surface area contributed by atoms with Crippen LogP contribution in [0.1, 0.15) is 32.1 Å². The maximum Gasteiger partial charge on any atom is 0.228 e. The molecule has 1 aliphatic heterocycles.